The summed E-state index contributed by atoms with van der Waals surface area (Å²) < 4.78 is 19.1. The highest BCUT2D eigenvalue weighted by molar-refractivity contribution is 6.31. The maximum atomic E-state index is 13.1. The first-order chi connectivity index (χ1) is 15.5. The van der Waals surface area contributed by atoms with Gasteiger partial charge in [-0.1, -0.05) is 41.9 Å². The molecule has 0 N–H and O–H groups in total. The number of carbonyl (C=O) groups is 1. The van der Waals surface area contributed by atoms with Crippen molar-refractivity contribution in [3.8, 4) is 0 Å². The predicted molar refractivity (Wildman–Crippen MR) is 122 cm³/mol. The Kier molecular flexibility index (Phi) is 7.22. The molecule has 5 nitrogen and oxygen atoms in total. The van der Waals surface area contributed by atoms with Gasteiger partial charge in [0.05, 0.1) is 18.7 Å². The standard InChI is InChI=1S/C25H27ClFN3O2/c1-29(15-18-8-10-21(27)11-9-18)17-24(31)30-12-4-6-20(16-30)25-28-14-22(32-25)13-19-5-2-3-7-23(19)26/h2-3,5,7-11,14,20H,4,6,12-13,15-17H2,1H3/t20-/m1/s1. The number of likely N-dealkylation sites (tertiary alicyclic amines) is 1. The highest BCUT2D eigenvalue weighted by Crippen LogP contribution is 2.28. The summed E-state index contributed by atoms with van der Waals surface area (Å²) in [4.78, 5) is 21.2. The molecule has 7 heteroatoms. The average Bonchev–Trinajstić information content (AvgIpc) is 3.26. The van der Waals surface area contributed by atoms with E-state index in [4.69, 9.17) is 16.0 Å². The molecule has 1 saturated heterocycles. The monoisotopic (exact) mass is 455 g/mol. The molecule has 1 atom stereocenters. The van der Waals surface area contributed by atoms with Crippen molar-refractivity contribution in [1.29, 1.82) is 0 Å². The Bertz CT molecular complexity index is 1050. The lowest BCUT2D eigenvalue weighted by atomic mass is 9.98. The van der Waals surface area contributed by atoms with E-state index in [1.165, 1.54) is 12.1 Å². The van der Waals surface area contributed by atoms with Gasteiger partial charge in [0.1, 0.15) is 11.6 Å². The van der Waals surface area contributed by atoms with E-state index >= 15 is 0 Å². The second-order valence-electron chi connectivity index (χ2n) is 8.41. The van der Waals surface area contributed by atoms with Crippen molar-refractivity contribution in [1.82, 2.24) is 14.8 Å². The van der Waals surface area contributed by atoms with Crippen LogP contribution in [0.15, 0.2) is 59.1 Å². The van der Waals surface area contributed by atoms with Crippen LogP contribution in [-0.4, -0.2) is 47.4 Å². The van der Waals surface area contributed by atoms with Gasteiger partial charge < -0.3 is 9.32 Å². The molecule has 2 heterocycles. The van der Waals surface area contributed by atoms with Gasteiger partial charge in [0.15, 0.2) is 5.89 Å². The lowest BCUT2D eigenvalue weighted by molar-refractivity contribution is -0.133. The molecule has 2 aromatic carbocycles. The molecule has 3 aromatic rings. The van der Waals surface area contributed by atoms with Crippen LogP contribution in [0, 0.1) is 5.82 Å². The van der Waals surface area contributed by atoms with Crippen LogP contribution < -0.4 is 0 Å². The zero-order chi connectivity index (χ0) is 22.5. The number of hydrogen-bond acceptors (Lipinski definition) is 4. The topological polar surface area (TPSA) is 49.6 Å². The Morgan fingerprint density at radius 1 is 1.25 bits per heavy atom. The molecule has 168 valence electrons. The van der Waals surface area contributed by atoms with E-state index in [0.29, 0.717) is 37.0 Å². The molecule has 0 saturated carbocycles. The second kappa shape index (κ2) is 10.3. The zero-order valence-corrected chi connectivity index (χ0v) is 18.9. The summed E-state index contributed by atoms with van der Waals surface area (Å²) in [6, 6.07) is 14.1. The zero-order valence-electron chi connectivity index (χ0n) is 18.1. The van der Waals surface area contributed by atoms with Crippen molar-refractivity contribution in [3.63, 3.8) is 0 Å². The van der Waals surface area contributed by atoms with E-state index in [2.05, 4.69) is 4.98 Å². The summed E-state index contributed by atoms with van der Waals surface area (Å²) in [7, 11) is 1.90. The van der Waals surface area contributed by atoms with Crippen LogP contribution >= 0.6 is 11.6 Å². The molecule has 0 spiro atoms. The largest absolute Gasteiger partial charge is 0.445 e. The molecular weight excluding hydrogens is 429 g/mol. The molecule has 1 amide bonds. The van der Waals surface area contributed by atoms with E-state index in [1.807, 2.05) is 41.1 Å². The minimum absolute atomic E-state index is 0.0853. The maximum absolute atomic E-state index is 13.1. The molecule has 4 rings (SSSR count). The Hall–Kier alpha value is -2.70. The third-order valence-corrected chi connectivity index (χ3v) is 6.16. The van der Waals surface area contributed by atoms with Gasteiger partial charge in [0.25, 0.3) is 0 Å². The number of benzene rings is 2. The van der Waals surface area contributed by atoms with Crippen LogP contribution in [0.4, 0.5) is 4.39 Å². The summed E-state index contributed by atoms with van der Waals surface area (Å²) in [6.07, 6.45) is 4.22. The van der Waals surface area contributed by atoms with Crippen molar-refractivity contribution in [3.05, 3.63) is 88.3 Å². The van der Waals surface area contributed by atoms with Crippen molar-refractivity contribution in [2.45, 2.75) is 31.7 Å². The number of likely N-dealkylation sites (N-methyl/N-ethyl adjacent to an activating group) is 1. The van der Waals surface area contributed by atoms with Gasteiger partial charge >= 0.3 is 0 Å². The number of piperidine rings is 1. The van der Waals surface area contributed by atoms with E-state index in [-0.39, 0.29) is 17.6 Å². The van der Waals surface area contributed by atoms with Crippen LogP contribution in [0.2, 0.25) is 5.02 Å². The van der Waals surface area contributed by atoms with Gasteiger partial charge in [0.2, 0.25) is 5.91 Å². The van der Waals surface area contributed by atoms with E-state index in [0.717, 1.165) is 36.3 Å². The Morgan fingerprint density at radius 2 is 2.03 bits per heavy atom. The lowest BCUT2D eigenvalue weighted by Gasteiger charge is -2.32. The highest BCUT2D eigenvalue weighted by atomic mass is 35.5. The molecule has 1 aliphatic rings. The fourth-order valence-corrected chi connectivity index (χ4v) is 4.32. The van der Waals surface area contributed by atoms with Crippen molar-refractivity contribution in [2.24, 2.45) is 0 Å². The molecule has 1 aromatic heterocycles. The minimum Gasteiger partial charge on any atom is -0.445 e. The summed E-state index contributed by atoms with van der Waals surface area (Å²) >= 11 is 6.26. The molecule has 1 aliphatic heterocycles. The summed E-state index contributed by atoms with van der Waals surface area (Å²) in [5.41, 5.74) is 1.98. The smallest absolute Gasteiger partial charge is 0.236 e. The van der Waals surface area contributed by atoms with Gasteiger partial charge in [-0.15, -0.1) is 0 Å². The molecule has 1 fully saturated rings. The van der Waals surface area contributed by atoms with Crippen LogP contribution in [0.25, 0.3) is 0 Å². The number of nitrogens with zero attached hydrogens (tertiary/aromatic N) is 3. The molecule has 0 unspecified atom stereocenters. The van der Waals surface area contributed by atoms with Gasteiger partial charge in [-0.3, -0.25) is 9.69 Å². The van der Waals surface area contributed by atoms with Crippen LogP contribution in [0.1, 0.15) is 41.5 Å². The number of oxazole rings is 1. The Balaban J connectivity index is 1.33. The van der Waals surface area contributed by atoms with Crippen LogP contribution in [0.5, 0.6) is 0 Å². The summed E-state index contributed by atoms with van der Waals surface area (Å²) in [5.74, 6) is 1.38. The van der Waals surface area contributed by atoms with Crippen molar-refractivity contribution < 1.29 is 13.6 Å². The van der Waals surface area contributed by atoms with Gasteiger partial charge in [-0.2, -0.15) is 0 Å². The normalized spacial score (nSPS) is 16.5. The van der Waals surface area contributed by atoms with Gasteiger partial charge in [-0.25, -0.2) is 9.37 Å². The van der Waals surface area contributed by atoms with E-state index in [1.54, 1.807) is 18.3 Å². The molecule has 0 radical (unpaired) electrons. The number of amides is 1. The number of hydrogen-bond donors (Lipinski definition) is 0. The maximum Gasteiger partial charge on any atom is 0.236 e. The third-order valence-electron chi connectivity index (χ3n) is 5.79. The molecule has 0 aliphatic carbocycles. The van der Waals surface area contributed by atoms with Crippen molar-refractivity contribution >= 4 is 17.5 Å². The SMILES string of the molecule is CN(CC(=O)N1CCC[C@@H](c2ncc(Cc3ccccc3Cl)o2)C1)Cc1ccc(F)cc1. The lowest BCUT2D eigenvalue weighted by Crippen LogP contribution is -2.43. The molecule has 32 heavy (non-hydrogen) atoms. The quantitative estimate of drug-likeness (QED) is 0.508. The molecule has 0 bridgehead atoms. The fraction of sp³-hybridized carbons (Fsp3) is 0.360. The number of rotatable bonds is 7. The number of halogens is 2. The first-order valence-corrected chi connectivity index (χ1v) is 11.2. The van der Waals surface area contributed by atoms with Gasteiger partial charge in [0, 0.05) is 31.1 Å². The van der Waals surface area contributed by atoms with Crippen LogP contribution in [-0.2, 0) is 17.8 Å². The second-order valence-corrected chi connectivity index (χ2v) is 8.82. The summed E-state index contributed by atoms with van der Waals surface area (Å²) in [5, 5.41) is 0.713. The number of carbonyl (C=O) groups excluding carboxylic acids is 1. The van der Waals surface area contributed by atoms with Crippen LogP contribution in [0.3, 0.4) is 0 Å². The van der Waals surface area contributed by atoms with Crippen molar-refractivity contribution in [2.75, 3.05) is 26.7 Å². The first kappa shape index (κ1) is 22.5. The average molecular weight is 456 g/mol. The highest BCUT2D eigenvalue weighted by Gasteiger charge is 2.28. The number of aromatic nitrogens is 1. The third kappa shape index (κ3) is 5.75. The van der Waals surface area contributed by atoms with E-state index in [9.17, 15) is 9.18 Å². The Labute approximate surface area is 192 Å². The Morgan fingerprint density at radius 3 is 2.81 bits per heavy atom. The first-order valence-electron chi connectivity index (χ1n) is 10.9. The van der Waals surface area contributed by atoms with Gasteiger partial charge in [-0.05, 0) is 49.2 Å². The predicted octanol–water partition coefficient (Wildman–Crippen LogP) is 4.90. The fourth-order valence-electron chi connectivity index (χ4n) is 4.12. The van der Waals surface area contributed by atoms with E-state index < -0.39 is 0 Å². The molecular formula is C25H27ClFN3O2. The minimum atomic E-state index is -0.256. The summed E-state index contributed by atoms with van der Waals surface area (Å²) in [6.45, 7) is 2.25.